The van der Waals surface area contributed by atoms with Gasteiger partial charge in [-0.1, -0.05) is 35.1 Å². The Labute approximate surface area is 157 Å². The molecule has 3 aromatic heterocycles. The molecule has 0 spiro atoms. The molecule has 8 heteroatoms. The van der Waals surface area contributed by atoms with Crippen molar-refractivity contribution in [3.8, 4) is 10.6 Å². The molecule has 0 aliphatic carbocycles. The van der Waals surface area contributed by atoms with Crippen LogP contribution in [0.3, 0.4) is 0 Å². The van der Waals surface area contributed by atoms with Crippen molar-refractivity contribution in [3.05, 3.63) is 65.3 Å². The summed E-state index contributed by atoms with van der Waals surface area (Å²) in [6.07, 6.45) is 1.74. The highest BCUT2D eigenvalue weighted by molar-refractivity contribution is 7.21. The third-order valence-electron chi connectivity index (χ3n) is 3.61. The van der Waals surface area contributed by atoms with Crippen molar-refractivity contribution < 1.29 is 4.79 Å². The number of fused-ring (bicyclic) bond motifs is 1. The zero-order chi connectivity index (χ0) is 18.1. The highest BCUT2D eigenvalue weighted by Gasteiger charge is 2.15. The Kier molecular flexibility index (Phi) is 4.32. The fourth-order valence-electron chi connectivity index (χ4n) is 2.50. The minimum Gasteiger partial charge on any atom is -0.320 e. The number of hydrogen-bond acceptors (Lipinski definition) is 6. The molecule has 4 rings (SSSR count). The lowest BCUT2D eigenvalue weighted by atomic mass is 10.2. The number of para-hydroxylation sites is 1. The van der Waals surface area contributed by atoms with Crippen LogP contribution in [0.1, 0.15) is 16.3 Å². The van der Waals surface area contributed by atoms with E-state index < -0.39 is 0 Å². The first-order valence-electron chi connectivity index (χ1n) is 7.73. The molecule has 0 saturated carbocycles. The van der Waals surface area contributed by atoms with E-state index in [0.29, 0.717) is 11.5 Å². The number of carbonyl (C=O) groups excluding carboxylic acids is 1. The first-order chi connectivity index (χ1) is 12.6. The maximum atomic E-state index is 12.6. The quantitative estimate of drug-likeness (QED) is 0.533. The topological polar surface area (TPSA) is 80.7 Å². The van der Waals surface area contributed by atoms with Crippen molar-refractivity contribution in [3.63, 3.8) is 0 Å². The smallest absolute Gasteiger partial charge is 0.274 e. The Hall–Kier alpha value is -2.90. The van der Waals surface area contributed by atoms with E-state index in [4.69, 9.17) is 11.6 Å². The van der Waals surface area contributed by atoms with Crippen molar-refractivity contribution in [1.82, 2.24) is 19.9 Å². The monoisotopic (exact) mass is 381 g/mol. The Bertz CT molecular complexity index is 1070. The van der Waals surface area contributed by atoms with Crippen LogP contribution in [0.5, 0.6) is 0 Å². The molecule has 0 bridgehead atoms. The molecule has 128 valence electrons. The van der Waals surface area contributed by atoms with Gasteiger partial charge in [-0.05, 0) is 31.2 Å². The van der Waals surface area contributed by atoms with Crippen LogP contribution < -0.4 is 5.32 Å². The van der Waals surface area contributed by atoms with Crippen molar-refractivity contribution in [2.45, 2.75) is 6.92 Å². The number of aryl methyl sites for hydroxylation is 1. The molecule has 1 aromatic carbocycles. The predicted octanol–water partition coefficient (Wildman–Crippen LogP) is 4.36. The lowest BCUT2D eigenvalue weighted by Gasteiger charge is -2.09. The Balaban J connectivity index is 1.70. The lowest BCUT2D eigenvalue weighted by Crippen LogP contribution is -2.15. The summed E-state index contributed by atoms with van der Waals surface area (Å²) in [5, 5.41) is 3.90. The Morgan fingerprint density at radius 2 is 1.96 bits per heavy atom. The van der Waals surface area contributed by atoms with Crippen LogP contribution in [0.2, 0.25) is 5.15 Å². The number of nitrogens with zero attached hydrogens (tertiary/aromatic N) is 4. The second-order valence-electron chi connectivity index (χ2n) is 5.47. The molecule has 0 unspecified atom stereocenters. The standard InChI is InChI=1S/C18H12ClN5OS/c1-10-21-14(9-15(19)22-10)16(25)23-12-6-3-2-5-11(12)17-24-13-7-4-8-20-18(13)26-17/h2-9H,1H3,(H,23,25). The number of rotatable bonds is 3. The van der Waals surface area contributed by atoms with E-state index in [1.807, 2.05) is 36.4 Å². The van der Waals surface area contributed by atoms with Gasteiger partial charge in [-0.2, -0.15) is 0 Å². The van der Waals surface area contributed by atoms with E-state index in [2.05, 4.69) is 25.3 Å². The molecule has 0 aliphatic rings. The van der Waals surface area contributed by atoms with E-state index in [9.17, 15) is 4.79 Å². The van der Waals surface area contributed by atoms with Crippen molar-refractivity contribution in [2.75, 3.05) is 5.32 Å². The summed E-state index contributed by atoms with van der Waals surface area (Å²) >= 11 is 7.40. The van der Waals surface area contributed by atoms with E-state index in [1.165, 1.54) is 17.4 Å². The van der Waals surface area contributed by atoms with Crippen molar-refractivity contribution in [1.29, 1.82) is 0 Å². The molecule has 26 heavy (non-hydrogen) atoms. The summed E-state index contributed by atoms with van der Waals surface area (Å²) in [5.74, 6) is 0.0808. The Morgan fingerprint density at radius 3 is 2.77 bits per heavy atom. The van der Waals surface area contributed by atoms with Gasteiger partial charge >= 0.3 is 0 Å². The zero-order valence-corrected chi connectivity index (χ0v) is 15.2. The molecule has 0 radical (unpaired) electrons. The number of hydrogen-bond donors (Lipinski definition) is 1. The van der Waals surface area contributed by atoms with Gasteiger partial charge in [-0.3, -0.25) is 4.79 Å². The minimum atomic E-state index is -0.357. The minimum absolute atomic E-state index is 0.211. The summed E-state index contributed by atoms with van der Waals surface area (Å²) in [6, 6.07) is 12.7. The summed E-state index contributed by atoms with van der Waals surface area (Å²) < 4.78 is 0. The number of anilines is 1. The van der Waals surface area contributed by atoms with E-state index in [1.54, 1.807) is 13.1 Å². The van der Waals surface area contributed by atoms with E-state index in [0.717, 1.165) is 20.9 Å². The molecule has 6 nitrogen and oxygen atoms in total. The number of halogens is 1. The number of benzene rings is 1. The van der Waals surface area contributed by atoms with Crippen LogP contribution in [0.25, 0.3) is 20.9 Å². The SMILES string of the molecule is Cc1nc(Cl)cc(C(=O)Nc2ccccc2-c2nc3cccnc3s2)n1. The van der Waals surface area contributed by atoms with Crippen molar-refractivity contribution >= 4 is 44.9 Å². The Morgan fingerprint density at radius 1 is 1.12 bits per heavy atom. The molecular formula is C18H12ClN5OS. The third-order valence-corrected chi connectivity index (χ3v) is 4.82. The molecule has 4 aromatic rings. The average molecular weight is 382 g/mol. The van der Waals surface area contributed by atoms with Gasteiger partial charge in [0.15, 0.2) is 0 Å². The van der Waals surface area contributed by atoms with Gasteiger partial charge in [0, 0.05) is 17.8 Å². The zero-order valence-electron chi connectivity index (χ0n) is 13.6. The van der Waals surface area contributed by atoms with Gasteiger partial charge in [-0.15, -0.1) is 0 Å². The first-order valence-corrected chi connectivity index (χ1v) is 8.93. The lowest BCUT2D eigenvalue weighted by molar-refractivity contribution is 0.102. The fraction of sp³-hybridized carbons (Fsp3) is 0.0556. The van der Waals surface area contributed by atoms with Crippen LogP contribution in [0.15, 0.2) is 48.7 Å². The number of pyridine rings is 1. The molecule has 1 amide bonds. The molecular weight excluding hydrogens is 370 g/mol. The highest BCUT2D eigenvalue weighted by atomic mass is 35.5. The normalized spacial score (nSPS) is 10.8. The molecule has 3 heterocycles. The van der Waals surface area contributed by atoms with Gasteiger partial charge < -0.3 is 5.32 Å². The number of amides is 1. The highest BCUT2D eigenvalue weighted by Crippen LogP contribution is 2.33. The number of thiazole rings is 1. The van der Waals surface area contributed by atoms with Crippen LogP contribution in [-0.4, -0.2) is 25.8 Å². The predicted molar refractivity (Wildman–Crippen MR) is 103 cm³/mol. The second kappa shape index (κ2) is 6.78. The number of aromatic nitrogens is 4. The summed E-state index contributed by atoms with van der Waals surface area (Å²) in [4.78, 5) is 30.5. The van der Waals surface area contributed by atoms with Crippen LogP contribution >= 0.6 is 22.9 Å². The van der Waals surface area contributed by atoms with Gasteiger partial charge in [0.2, 0.25) is 0 Å². The summed E-state index contributed by atoms with van der Waals surface area (Å²) in [6.45, 7) is 1.69. The van der Waals surface area contributed by atoms with Gasteiger partial charge in [0.25, 0.3) is 5.91 Å². The number of nitrogens with one attached hydrogen (secondary N) is 1. The largest absolute Gasteiger partial charge is 0.320 e. The van der Waals surface area contributed by atoms with Gasteiger partial charge in [-0.25, -0.2) is 19.9 Å². The maximum Gasteiger partial charge on any atom is 0.274 e. The molecule has 1 N–H and O–H groups in total. The molecule has 0 atom stereocenters. The maximum absolute atomic E-state index is 12.6. The second-order valence-corrected chi connectivity index (χ2v) is 6.83. The summed E-state index contributed by atoms with van der Waals surface area (Å²) in [5.41, 5.74) is 2.50. The fourth-order valence-corrected chi connectivity index (χ4v) is 3.67. The van der Waals surface area contributed by atoms with E-state index >= 15 is 0 Å². The van der Waals surface area contributed by atoms with Gasteiger partial charge in [0.05, 0.1) is 5.69 Å². The van der Waals surface area contributed by atoms with E-state index in [-0.39, 0.29) is 16.8 Å². The summed E-state index contributed by atoms with van der Waals surface area (Å²) in [7, 11) is 0. The molecule has 0 aliphatic heterocycles. The molecule has 0 saturated heterocycles. The van der Waals surface area contributed by atoms with Crippen LogP contribution in [0.4, 0.5) is 5.69 Å². The van der Waals surface area contributed by atoms with Crippen LogP contribution in [0, 0.1) is 6.92 Å². The third kappa shape index (κ3) is 3.26. The van der Waals surface area contributed by atoms with Crippen LogP contribution in [-0.2, 0) is 0 Å². The average Bonchev–Trinajstić information content (AvgIpc) is 3.05. The van der Waals surface area contributed by atoms with Crippen molar-refractivity contribution in [2.24, 2.45) is 0 Å². The number of carbonyl (C=O) groups is 1. The van der Waals surface area contributed by atoms with Gasteiger partial charge in [0.1, 0.15) is 32.0 Å². The first kappa shape index (κ1) is 16.6. The molecule has 0 fully saturated rings.